The van der Waals surface area contributed by atoms with Crippen LogP contribution in [0.15, 0.2) is 83.8 Å². The standard InChI is InChI=1S/C29H26N2O4S/c1-17-10-15-25(18(2)16-17)31-27(32)19(3)36-22-13-11-21(12-14-22)30-28(33)23-8-4-6-20-7-5-9-24(26(20)23)29(34)35/h4-16,19H,1-3H3,(H,30,33)(H,31,32)(H,34,35). The van der Waals surface area contributed by atoms with E-state index in [1.165, 1.54) is 17.8 Å². The van der Waals surface area contributed by atoms with E-state index < -0.39 is 11.9 Å². The summed E-state index contributed by atoms with van der Waals surface area (Å²) in [6.45, 7) is 5.83. The van der Waals surface area contributed by atoms with Crippen LogP contribution in [0.2, 0.25) is 0 Å². The molecule has 36 heavy (non-hydrogen) atoms. The van der Waals surface area contributed by atoms with E-state index in [0.29, 0.717) is 22.0 Å². The van der Waals surface area contributed by atoms with Gasteiger partial charge < -0.3 is 15.7 Å². The van der Waals surface area contributed by atoms with Crippen LogP contribution < -0.4 is 10.6 Å². The molecule has 0 heterocycles. The van der Waals surface area contributed by atoms with Crippen molar-refractivity contribution in [3.05, 3.63) is 101 Å². The first-order valence-electron chi connectivity index (χ1n) is 11.4. The molecule has 0 fully saturated rings. The topological polar surface area (TPSA) is 95.5 Å². The van der Waals surface area contributed by atoms with Crippen LogP contribution in [0.1, 0.15) is 38.8 Å². The van der Waals surface area contributed by atoms with E-state index in [-0.39, 0.29) is 16.7 Å². The number of carboxylic acids is 1. The van der Waals surface area contributed by atoms with Gasteiger partial charge in [-0.2, -0.15) is 0 Å². The molecular weight excluding hydrogens is 472 g/mol. The number of carbonyl (C=O) groups is 3. The summed E-state index contributed by atoms with van der Waals surface area (Å²) in [6.07, 6.45) is 0. The van der Waals surface area contributed by atoms with Gasteiger partial charge in [-0.15, -0.1) is 11.8 Å². The molecule has 4 aromatic rings. The van der Waals surface area contributed by atoms with Gasteiger partial charge in [0.2, 0.25) is 5.91 Å². The summed E-state index contributed by atoms with van der Waals surface area (Å²) in [7, 11) is 0. The highest BCUT2D eigenvalue weighted by Crippen LogP contribution is 2.28. The van der Waals surface area contributed by atoms with Crippen molar-refractivity contribution in [3.63, 3.8) is 0 Å². The maximum absolute atomic E-state index is 13.0. The predicted octanol–water partition coefficient (Wildman–Crippen LogP) is 6.53. The van der Waals surface area contributed by atoms with Gasteiger partial charge in [0.15, 0.2) is 0 Å². The number of rotatable bonds is 7. The zero-order valence-electron chi connectivity index (χ0n) is 20.2. The quantitative estimate of drug-likeness (QED) is 0.252. The highest BCUT2D eigenvalue weighted by molar-refractivity contribution is 8.00. The summed E-state index contributed by atoms with van der Waals surface area (Å²) in [6, 6.07) is 23.2. The second-order valence-electron chi connectivity index (χ2n) is 8.56. The van der Waals surface area contributed by atoms with Crippen LogP contribution in [-0.2, 0) is 4.79 Å². The van der Waals surface area contributed by atoms with Gasteiger partial charge in [0.25, 0.3) is 5.91 Å². The SMILES string of the molecule is Cc1ccc(NC(=O)C(C)Sc2ccc(NC(=O)c3cccc4cccc(C(=O)O)c34)cc2)c(C)c1. The highest BCUT2D eigenvalue weighted by atomic mass is 32.2. The number of carboxylic acid groups (broad SMARTS) is 1. The number of carbonyl (C=O) groups excluding carboxylic acids is 2. The molecule has 0 bridgehead atoms. The molecule has 1 unspecified atom stereocenters. The molecule has 4 rings (SSSR count). The number of benzene rings is 4. The summed E-state index contributed by atoms with van der Waals surface area (Å²) < 4.78 is 0. The van der Waals surface area contributed by atoms with E-state index in [1.54, 1.807) is 42.5 Å². The lowest BCUT2D eigenvalue weighted by atomic mass is 9.98. The first-order valence-corrected chi connectivity index (χ1v) is 12.3. The average Bonchev–Trinajstić information content (AvgIpc) is 2.85. The van der Waals surface area contributed by atoms with Gasteiger partial charge >= 0.3 is 5.97 Å². The van der Waals surface area contributed by atoms with Crippen LogP contribution in [-0.4, -0.2) is 28.1 Å². The number of hydrogen-bond acceptors (Lipinski definition) is 4. The molecule has 0 aliphatic carbocycles. The van der Waals surface area contributed by atoms with E-state index in [0.717, 1.165) is 21.7 Å². The average molecular weight is 499 g/mol. The molecule has 4 aromatic carbocycles. The molecule has 1 atom stereocenters. The lowest BCUT2D eigenvalue weighted by Gasteiger charge is -2.14. The van der Waals surface area contributed by atoms with Gasteiger partial charge in [-0.25, -0.2) is 4.79 Å². The molecule has 0 saturated heterocycles. The third-order valence-corrected chi connectivity index (χ3v) is 6.93. The Morgan fingerprint density at radius 1 is 0.833 bits per heavy atom. The van der Waals surface area contributed by atoms with Crippen LogP contribution in [0, 0.1) is 13.8 Å². The van der Waals surface area contributed by atoms with Gasteiger partial charge in [-0.1, -0.05) is 42.0 Å². The first kappa shape index (κ1) is 25.0. The smallest absolute Gasteiger partial charge is 0.336 e. The second-order valence-corrected chi connectivity index (χ2v) is 9.97. The van der Waals surface area contributed by atoms with Crippen LogP contribution >= 0.6 is 11.8 Å². The minimum absolute atomic E-state index is 0.0816. The fourth-order valence-electron chi connectivity index (χ4n) is 3.97. The zero-order chi connectivity index (χ0) is 25.8. The van der Waals surface area contributed by atoms with Crippen LogP contribution in [0.3, 0.4) is 0 Å². The Morgan fingerprint density at radius 2 is 1.50 bits per heavy atom. The third kappa shape index (κ3) is 5.58. The number of aromatic carboxylic acids is 1. The summed E-state index contributed by atoms with van der Waals surface area (Å²) in [5, 5.41) is 16.2. The van der Waals surface area contributed by atoms with Crippen LogP contribution in [0.25, 0.3) is 10.8 Å². The van der Waals surface area contributed by atoms with Crippen molar-refractivity contribution in [1.82, 2.24) is 0 Å². The minimum atomic E-state index is -1.09. The Hall–Kier alpha value is -4.10. The van der Waals surface area contributed by atoms with Gasteiger partial charge in [0.05, 0.1) is 10.8 Å². The number of hydrogen-bond donors (Lipinski definition) is 3. The lowest BCUT2D eigenvalue weighted by Crippen LogP contribution is -2.22. The molecule has 0 aromatic heterocycles. The molecule has 6 nitrogen and oxygen atoms in total. The fraction of sp³-hybridized carbons (Fsp3) is 0.138. The van der Waals surface area contributed by atoms with Crippen LogP contribution in [0.5, 0.6) is 0 Å². The van der Waals surface area contributed by atoms with Crippen molar-refractivity contribution in [3.8, 4) is 0 Å². The Bertz CT molecular complexity index is 1460. The Kier molecular flexibility index (Phi) is 7.41. The maximum Gasteiger partial charge on any atom is 0.336 e. The molecule has 0 spiro atoms. The minimum Gasteiger partial charge on any atom is -0.478 e. The van der Waals surface area contributed by atoms with E-state index in [9.17, 15) is 19.5 Å². The molecule has 2 amide bonds. The molecular formula is C29H26N2O4S. The number of aryl methyl sites for hydroxylation is 2. The normalized spacial score (nSPS) is 11.6. The number of amides is 2. The fourth-order valence-corrected chi connectivity index (χ4v) is 4.84. The summed E-state index contributed by atoms with van der Waals surface area (Å²) in [5.74, 6) is -1.57. The van der Waals surface area contributed by atoms with Gasteiger partial charge in [-0.3, -0.25) is 9.59 Å². The van der Waals surface area contributed by atoms with Crippen molar-refractivity contribution >= 4 is 51.7 Å². The molecule has 0 aliphatic rings. The van der Waals surface area contributed by atoms with Crippen molar-refractivity contribution in [2.24, 2.45) is 0 Å². The lowest BCUT2D eigenvalue weighted by molar-refractivity contribution is -0.115. The van der Waals surface area contributed by atoms with Crippen molar-refractivity contribution in [2.45, 2.75) is 30.9 Å². The summed E-state index contributed by atoms with van der Waals surface area (Å²) in [4.78, 5) is 38.3. The van der Waals surface area contributed by atoms with Gasteiger partial charge in [0, 0.05) is 27.2 Å². The largest absolute Gasteiger partial charge is 0.478 e. The monoisotopic (exact) mass is 498 g/mol. The van der Waals surface area contributed by atoms with Gasteiger partial charge in [-0.05, 0) is 74.2 Å². The second kappa shape index (κ2) is 10.7. The summed E-state index contributed by atoms with van der Waals surface area (Å²) >= 11 is 1.42. The Balaban J connectivity index is 1.44. The number of fused-ring (bicyclic) bond motifs is 1. The predicted molar refractivity (Wildman–Crippen MR) is 145 cm³/mol. The molecule has 0 radical (unpaired) electrons. The number of thioether (sulfide) groups is 1. The highest BCUT2D eigenvalue weighted by Gasteiger charge is 2.18. The van der Waals surface area contributed by atoms with Crippen molar-refractivity contribution in [2.75, 3.05) is 10.6 Å². The molecule has 182 valence electrons. The molecule has 0 aliphatic heterocycles. The number of nitrogens with one attached hydrogen (secondary N) is 2. The van der Waals surface area contributed by atoms with E-state index in [2.05, 4.69) is 10.6 Å². The van der Waals surface area contributed by atoms with E-state index >= 15 is 0 Å². The Labute approximate surface area is 213 Å². The van der Waals surface area contributed by atoms with Crippen molar-refractivity contribution in [1.29, 1.82) is 0 Å². The van der Waals surface area contributed by atoms with Crippen LogP contribution in [0.4, 0.5) is 11.4 Å². The first-order chi connectivity index (χ1) is 17.2. The van der Waals surface area contributed by atoms with Gasteiger partial charge in [0.1, 0.15) is 0 Å². The number of anilines is 2. The maximum atomic E-state index is 13.0. The van der Waals surface area contributed by atoms with Crippen molar-refractivity contribution < 1.29 is 19.5 Å². The molecule has 0 saturated carbocycles. The zero-order valence-corrected chi connectivity index (χ0v) is 21.0. The van der Waals surface area contributed by atoms with E-state index in [4.69, 9.17) is 0 Å². The Morgan fingerprint density at radius 3 is 2.14 bits per heavy atom. The summed E-state index contributed by atoms with van der Waals surface area (Å²) in [5.41, 5.74) is 3.90. The third-order valence-electron chi connectivity index (χ3n) is 5.81. The molecule has 3 N–H and O–H groups in total. The van der Waals surface area contributed by atoms with E-state index in [1.807, 2.05) is 51.1 Å². The molecule has 7 heteroatoms.